The van der Waals surface area contributed by atoms with Crippen LogP contribution in [-0.2, 0) is 22.4 Å². The van der Waals surface area contributed by atoms with Gasteiger partial charge in [-0.15, -0.1) is 0 Å². The number of nitrogens with one attached hydrogen (secondary N) is 1. The number of nitrogens with two attached hydrogens (primary N) is 1. The van der Waals surface area contributed by atoms with Gasteiger partial charge in [0.25, 0.3) is 0 Å². The van der Waals surface area contributed by atoms with Crippen molar-refractivity contribution in [2.75, 3.05) is 25.4 Å². The Balaban J connectivity index is 1.54. The van der Waals surface area contributed by atoms with Crippen molar-refractivity contribution in [3.05, 3.63) is 40.8 Å². The lowest BCUT2D eigenvalue weighted by atomic mass is 10.1. The van der Waals surface area contributed by atoms with Crippen LogP contribution in [0, 0.1) is 13.8 Å². The fourth-order valence-corrected chi connectivity index (χ4v) is 3.20. The number of nitrogen functional groups attached to an aromatic ring is 1. The van der Waals surface area contributed by atoms with E-state index in [2.05, 4.69) is 15.2 Å². The van der Waals surface area contributed by atoms with E-state index in [1.165, 1.54) is 0 Å². The van der Waals surface area contributed by atoms with Crippen molar-refractivity contribution in [2.45, 2.75) is 39.2 Å². The second-order valence-corrected chi connectivity index (χ2v) is 6.55. The van der Waals surface area contributed by atoms with Gasteiger partial charge in [-0.25, -0.2) is 4.98 Å². The molecule has 0 spiro atoms. The van der Waals surface area contributed by atoms with E-state index in [-0.39, 0.29) is 12.0 Å². The Morgan fingerprint density at radius 2 is 2.32 bits per heavy atom. The molecule has 0 bridgehead atoms. The Hall–Kier alpha value is -2.41. The zero-order valence-corrected chi connectivity index (χ0v) is 14.8. The molecule has 1 aliphatic heterocycles. The van der Waals surface area contributed by atoms with Crippen molar-refractivity contribution in [3.63, 3.8) is 0 Å². The normalized spacial score (nSPS) is 17.7. The Morgan fingerprint density at radius 1 is 1.48 bits per heavy atom. The highest BCUT2D eigenvalue weighted by atomic mass is 16.5. The average Bonchev–Trinajstić information content (AvgIpc) is 2.92. The van der Waals surface area contributed by atoms with Crippen molar-refractivity contribution in [1.82, 2.24) is 20.1 Å². The Bertz CT molecular complexity index is 723. The highest BCUT2D eigenvalue weighted by Gasteiger charge is 2.25. The first kappa shape index (κ1) is 17.4. The van der Waals surface area contributed by atoms with E-state index in [9.17, 15) is 4.79 Å². The number of anilines is 1. The van der Waals surface area contributed by atoms with Crippen LogP contribution >= 0.6 is 0 Å². The van der Waals surface area contributed by atoms with Gasteiger partial charge in [-0.1, -0.05) is 0 Å². The van der Waals surface area contributed by atoms with Gasteiger partial charge in [-0.3, -0.25) is 9.89 Å². The quantitative estimate of drug-likeness (QED) is 0.855. The molecule has 3 rings (SSSR count). The van der Waals surface area contributed by atoms with Gasteiger partial charge in [0.05, 0.1) is 24.8 Å². The molecule has 0 aliphatic carbocycles. The summed E-state index contributed by atoms with van der Waals surface area (Å²) < 4.78 is 5.83. The molecule has 3 N–H and O–H groups in total. The smallest absolute Gasteiger partial charge is 0.227 e. The highest BCUT2D eigenvalue weighted by Crippen LogP contribution is 2.16. The minimum Gasteiger partial charge on any atom is -0.384 e. The topological polar surface area (TPSA) is 97.1 Å². The molecule has 7 heteroatoms. The van der Waals surface area contributed by atoms with Crippen molar-refractivity contribution < 1.29 is 9.53 Å². The van der Waals surface area contributed by atoms with Crippen LogP contribution in [0.3, 0.4) is 0 Å². The molecular weight excluding hydrogens is 318 g/mol. The maximum absolute atomic E-state index is 12.6. The Labute approximate surface area is 147 Å². The van der Waals surface area contributed by atoms with Crippen LogP contribution in [0.2, 0.25) is 0 Å². The molecule has 1 aliphatic rings. The summed E-state index contributed by atoms with van der Waals surface area (Å²) in [7, 11) is 0. The third kappa shape index (κ3) is 4.36. The van der Waals surface area contributed by atoms with Crippen LogP contribution in [-0.4, -0.2) is 51.8 Å². The Kier molecular flexibility index (Phi) is 5.33. The lowest BCUT2D eigenvalue weighted by Crippen LogP contribution is -2.46. The predicted molar refractivity (Wildman–Crippen MR) is 95.1 cm³/mol. The minimum absolute atomic E-state index is 0.0543. The van der Waals surface area contributed by atoms with Gasteiger partial charge in [0.1, 0.15) is 5.82 Å². The second kappa shape index (κ2) is 7.65. The van der Waals surface area contributed by atoms with Gasteiger partial charge in [-0.05, 0) is 44.4 Å². The number of aromatic amines is 1. The van der Waals surface area contributed by atoms with Gasteiger partial charge in [-0.2, -0.15) is 5.10 Å². The molecule has 1 atom stereocenters. The summed E-state index contributed by atoms with van der Waals surface area (Å²) in [5.74, 6) is 0.666. The molecule has 0 aromatic carbocycles. The van der Waals surface area contributed by atoms with Crippen LogP contribution in [0.1, 0.15) is 28.9 Å². The highest BCUT2D eigenvalue weighted by molar-refractivity contribution is 5.79. The standard InChI is InChI=1S/C18H25N5O2/c1-12-16(13(2)22-21-12)10-18(24)23-7-8-25-15(11-23)4-3-14-5-6-20-17(19)9-14/h5-6,9,15H,3-4,7-8,10-11H2,1-2H3,(H2,19,20)(H,21,22)/t15-/m0/s1. The predicted octanol–water partition coefficient (Wildman–Crippen LogP) is 1.41. The largest absolute Gasteiger partial charge is 0.384 e. The molecule has 0 radical (unpaired) electrons. The van der Waals surface area contributed by atoms with E-state index < -0.39 is 0 Å². The van der Waals surface area contributed by atoms with E-state index in [1.807, 2.05) is 30.9 Å². The van der Waals surface area contributed by atoms with E-state index in [4.69, 9.17) is 10.5 Å². The fraction of sp³-hybridized carbons (Fsp3) is 0.500. The summed E-state index contributed by atoms with van der Waals surface area (Å²) in [4.78, 5) is 18.5. The fourth-order valence-electron chi connectivity index (χ4n) is 3.20. The van der Waals surface area contributed by atoms with Gasteiger partial charge >= 0.3 is 0 Å². The number of aromatic nitrogens is 3. The molecule has 0 unspecified atom stereocenters. The number of H-pyrrole nitrogens is 1. The number of carbonyl (C=O) groups excluding carboxylic acids is 1. The number of carbonyl (C=O) groups is 1. The number of amides is 1. The number of nitrogens with zero attached hydrogens (tertiary/aromatic N) is 3. The summed E-state index contributed by atoms with van der Waals surface area (Å²) >= 11 is 0. The van der Waals surface area contributed by atoms with Crippen LogP contribution < -0.4 is 5.73 Å². The number of aryl methyl sites for hydroxylation is 3. The third-order valence-electron chi connectivity index (χ3n) is 4.70. The van der Waals surface area contributed by atoms with E-state index >= 15 is 0 Å². The van der Waals surface area contributed by atoms with Crippen LogP contribution in [0.5, 0.6) is 0 Å². The molecule has 7 nitrogen and oxygen atoms in total. The van der Waals surface area contributed by atoms with Crippen molar-refractivity contribution in [2.24, 2.45) is 0 Å². The summed E-state index contributed by atoms with van der Waals surface area (Å²) in [5.41, 5.74) is 9.72. The van der Waals surface area contributed by atoms with E-state index in [0.29, 0.717) is 31.9 Å². The van der Waals surface area contributed by atoms with Gasteiger partial charge < -0.3 is 15.4 Å². The number of hydrogen-bond acceptors (Lipinski definition) is 5. The van der Waals surface area contributed by atoms with Gasteiger partial charge in [0.15, 0.2) is 0 Å². The molecule has 2 aromatic rings. The van der Waals surface area contributed by atoms with Crippen molar-refractivity contribution >= 4 is 11.7 Å². The van der Waals surface area contributed by atoms with E-state index in [0.717, 1.165) is 35.4 Å². The molecule has 0 saturated carbocycles. The second-order valence-electron chi connectivity index (χ2n) is 6.55. The van der Waals surface area contributed by atoms with Gasteiger partial charge in [0, 0.05) is 30.5 Å². The minimum atomic E-state index is 0.0543. The summed E-state index contributed by atoms with van der Waals surface area (Å²) in [5, 5.41) is 7.10. The van der Waals surface area contributed by atoms with Gasteiger partial charge in [0.2, 0.25) is 5.91 Å². The van der Waals surface area contributed by atoms with Crippen LogP contribution in [0.4, 0.5) is 5.82 Å². The molecule has 1 saturated heterocycles. The zero-order valence-electron chi connectivity index (χ0n) is 14.8. The van der Waals surface area contributed by atoms with Crippen LogP contribution in [0.15, 0.2) is 18.3 Å². The first-order chi connectivity index (χ1) is 12.0. The maximum atomic E-state index is 12.6. The number of ether oxygens (including phenoxy) is 1. The average molecular weight is 343 g/mol. The molecule has 25 heavy (non-hydrogen) atoms. The zero-order chi connectivity index (χ0) is 17.8. The Morgan fingerprint density at radius 3 is 3.04 bits per heavy atom. The summed E-state index contributed by atoms with van der Waals surface area (Å²) in [6.07, 6.45) is 3.88. The number of hydrogen-bond donors (Lipinski definition) is 2. The molecular formula is C18H25N5O2. The third-order valence-corrected chi connectivity index (χ3v) is 4.70. The van der Waals surface area contributed by atoms with Crippen LogP contribution in [0.25, 0.3) is 0 Å². The maximum Gasteiger partial charge on any atom is 0.227 e. The molecule has 3 heterocycles. The molecule has 2 aromatic heterocycles. The molecule has 134 valence electrons. The lowest BCUT2D eigenvalue weighted by Gasteiger charge is -2.33. The monoisotopic (exact) mass is 343 g/mol. The van der Waals surface area contributed by atoms with Crippen molar-refractivity contribution in [3.8, 4) is 0 Å². The van der Waals surface area contributed by atoms with Crippen molar-refractivity contribution in [1.29, 1.82) is 0 Å². The number of rotatable bonds is 5. The first-order valence-electron chi connectivity index (χ1n) is 8.63. The van der Waals surface area contributed by atoms with E-state index in [1.54, 1.807) is 6.20 Å². The summed E-state index contributed by atoms with van der Waals surface area (Å²) in [6.45, 7) is 5.74. The molecule has 1 fully saturated rings. The lowest BCUT2D eigenvalue weighted by molar-refractivity contribution is -0.138. The SMILES string of the molecule is Cc1n[nH]c(C)c1CC(=O)N1CCO[C@@H](CCc2ccnc(N)c2)C1. The number of pyridine rings is 1. The first-order valence-corrected chi connectivity index (χ1v) is 8.63. The molecule has 1 amide bonds. The number of morpholine rings is 1. The summed E-state index contributed by atoms with van der Waals surface area (Å²) in [6, 6.07) is 3.85.